The van der Waals surface area contributed by atoms with E-state index < -0.39 is 5.60 Å². The summed E-state index contributed by atoms with van der Waals surface area (Å²) in [6, 6.07) is 11.0. The molecule has 0 spiro atoms. The fourth-order valence-electron chi connectivity index (χ4n) is 1.75. The van der Waals surface area contributed by atoms with Crippen molar-refractivity contribution in [3.63, 3.8) is 0 Å². The lowest BCUT2D eigenvalue weighted by atomic mass is 10.0. The summed E-state index contributed by atoms with van der Waals surface area (Å²) in [4.78, 5) is 2.40. The van der Waals surface area contributed by atoms with Gasteiger partial charge in [-0.25, -0.2) is 0 Å². The van der Waals surface area contributed by atoms with Gasteiger partial charge in [-0.15, -0.1) is 0 Å². The third-order valence-corrected chi connectivity index (χ3v) is 2.97. The molecule has 2 heteroatoms. The minimum atomic E-state index is -0.580. The standard InChI is InChI=1S/C15H25NO/c1-13(2)16(11-10-15(3,4)17)12-14-8-6-5-7-9-14/h5-9,13,17H,10-12H2,1-4H3. The smallest absolute Gasteiger partial charge is 0.0603 e. The zero-order valence-electron chi connectivity index (χ0n) is 11.5. The highest BCUT2D eigenvalue weighted by atomic mass is 16.3. The van der Waals surface area contributed by atoms with Gasteiger partial charge in [0.2, 0.25) is 0 Å². The normalized spacial score (nSPS) is 12.4. The number of benzene rings is 1. The molecule has 0 saturated carbocycles. The zero-order chi connectivity index (χ0) is 12.9. The maximum atomic E-state index is 9.79. The van der Waals surface area contributed by atoms with Crippen molar-refractivity contribution < 1.29 is 5.11 Å². The molecule has 96 valence electrons. The van der Waals surface area contributed by atoms with Crippen LogP contribution in [0.15, 0.2) is 30.3 Å². The first-order valence-corrected chi connectivity index (χ1v) is 6.39. The first-order chi connectivity index (χ1) is 7.88. The summed E-state index contributed by atoms with van der Waals surface area (Å²) < 4.78 is 0. The third-order valence-electron chi connectivity index (χ3n) is 2.97. The topological polar surface area (TPSA) is 23.5 Å². The molecule has 0 aliphatic rings. The van der Waals surface area contributed by atoms with Crippen molar-refractivity contribution in [2.24, 2.45) is 0 Å². The number of rotatable bonds is 6. The molecule has 1 aromatic carbocycles. The molecule has 0 radical (unpaired) electrons. The minimum Gasteiger partial charge on any atom is -0.390 e. The van der Waals surface area contributed by atoms with Crippen molar-refractivity contribution >= 4 is 0 Å². The van der Waals surface area contributed by atoms with Gasteiger partial charge in [0.25, 0.3) is 0 Å². The first-order valence-electron chi connectivity index (χ1n) is 6.39. The SMILES string of the molecule is CC(C)N(CCC(C)(C)O)Cc1ccccc1. The Kier molecular flexibility index (Phi) is 5.16. The molecule has 1 N–H and O–H groups in total. The van der Waals surface area contributed by atoms with Crippen molar-refractivity contribution in [3.8, 4) is 0 Å². The van der Waals surface area contributed by atoms with Crippen molar-refractivity contribution in [3.05, 3.63) is 35.9 Å². The molecule has 17 heavy (non-hydrogen) atoms. The summed E-state index contributed by atoms with van der Waals surface area (Å²) in [5.41, 5.74) is 0.751. The quantitative estimate of drug-likeness (QED) is 0.819. The number of hydrogen-bond acceptors (Lipinski definition) is 2. The van der Waals surface area contributed by atoms with E-state index in [4.69, 9.17) is 0 Å². The second-order valence-electron chi connectivity index (χ2n) is 5.61. The summed E-state index contributed by atoms with van der Waals surface area (Å²) in [7, 11) is 0. The second kappa shape index (κ2) is 6.18. The Balaban J connectivity index is 2.55. The Labute approximate surface area is 105 Å². The van der Waals surface area contributed by atoms with Gasteiger partial charge in [-0.2, -0.15) is 0 Å². The molecule has 0 bridgehead atoms. The average Bonchev–Trinajstić information content (AvgIpc) is 2.24. The van der Waals surface area contributed by atoms with E-state index in [1.165, 1.54) is 5.56 Å². The molecular weight excluding hydrogens is 210 g/mol. The summed E-state index contributed by atoms with van der Waals surface area (Å²) in [6.45, 7) is 10.0. The Morgan fingerprint density at radius 3 is 2.24 bits per heavy atom. The van der Waals surface area contributed by atoms with Gasteiger partial charge in [-0.1, -0.05) is 30.3 Å². The maximum absolute atomic E-state index is 9.79. The lowest BCUT2D eigenvalue weighted by Crippen LogP contribution is -2.35. The molecule has 0 heterocycles. The minimum absolute atomic E-state index is 0.498. The Morgan fingerprint density at radius 1 is 1.18 bits per heavy atom. The van der Waals surface area contributed by atoms with E-state index in [0.717, 1.165) is 19.5 Å². The predicted molar refractivity (Wildman–Crippen MR) is 72.9 cm³/mol. The van der Waals surface area contributed by atoms with Crippen LogP contribution in [0, 0.1) is 0 Å². The summed E-state index contributed by atoms with van der Waals surface area (Å²) >= 11 is 0. The van der Waals surface area contributed by atoms with Gasteiger partial charge in [0, 0.05) is 19.1 Å². The third kappa shape index (κ3) is 5.85. The van der Waals surface area contributed by atoms with Crippen LogP contribution in [0.5, 0.6) is 0 Å². The molecule has 0 aliphatic heterocycles. The number of aliphatic hydroxyl groups is 1. The highest BCUT2D eigenvalue weighted by molar-refractivity contribution is 5.14. The van der Waals surface area contributed by atoms with E-state index in [-0.39, 0.29) is 0 Å². The molecular formula is C15H25NO. The van der Waals surface area contributed by atoms with Gasteiger partial charge in [-0.3, -0.25) is 4.90 Å². The van der Waals surface area contributed by atoms with Crippen LogP contribution in [0.25, 0.3) is 0 Å². The molecule has 1 rings (SSSR count). The van der Waals surface area contributed by atoms with Crippen LogP contribution in [0.4, 0.5) is 0 Å². The van der Waals surface area contributed by atoms with Crippen LogP contribution in [-0.4, -0.2) is 28.2 Å². The van der Waals surface area contributed by atoms with Gasteiger partial charge in [0.1, 0.15) is 0 Å². The van der Waals surface area contributed by atoms with Crippen LogP contribution in [0.2, 0.25) is 0 Å². The predicted octanol–water partition coefficient (Wildman–Crippen LogP) is 3.06. The Bertz CT molecular complexity index is 313. The average molecular weight is 235 g/mol. The van der Waals surface area contributed by atoms with Crippen molar-refractivity contribution in [2.45, 2.75) is 52.3 Å². The molecule has 0 atom stereocenters. The van der Waals surface area contributed by atoms with Crippen LogP contribution < -0.4 is 0 Å². The van der Waals surface area contributed by atoms with Crippen LogP contribution >= 0.6 is 0 Å². The van der Waals surface area contributed by atoms with Crippen LogP contribution in [0.3, 0.4) is 0 Å². The summed E-state index contributed by atoms with van der Waals surface area (Å²) in [6.07, 6.45) is 0.804. The Hall–Kier alpha value is -0.860. The molecule has 1 aromatic rings. The lowest BCUT2D eigenvalue weighted by molar-refractivity contribution is 0.0517. The van der Waals surface area contributed by atoms with E-state index >= 15 is 0 Å². The van der Waals surface area contributed by atoms with Crippen LogP contribution in [0.1, 0.15) is 39.7 Å². The molecule has 0 saturated heterocycles. The van der Waals surface area contributed by atoms with Gasteiger partial charge in [-0.05, 0) is 39.7 Å². The lowest BCUT2D eigenvalue weighted by Gasteiger charge is -2.29. The molecule has 0 unspecified atom stereocenters. The fourth-order valence-corrected chi connectivity index (χ4v) is 1.75. The molecule has 2 nitrogen and oxygen atoms in total. The number of hydrogen-bond donors (Lipinski definition) is 1. The fraction of sp³-hybridized carbons (Fsp3) is 0.600. The van der Waals surface area contributed by atoms with Crippen LogP contribution in [-0.2, 0) is 6.54 Å². The van der Waals surface area contributed by atoms with E-state index in [0.29, 0.717) is 6.04 Å². The molecule has 0 aromatic heterocycles. The summed E-state index contributed by atoms with van der Waals surface area (Å²) in [5.74, 6) is 0. The zero-order valence-corrected chi connectivity index (χ0v) is 11.5. The summed E-state index contributed by atoms with van der Waals surface area (Å²) in [5, 5.41) is 9.79. The van der Waals surface area contributed by atoms with Crippen molar-refractivity contribution in [2.75, 3.05) is 6.54 Å². The molecule has 0 amide bonds. The van der Waals surface area contributed by atoms with Gasteiger partial charge >= 0.3 is 0 Å². The van der Waals surface area contributed by atoms with Gasteiger partial charge in [0.05, 0.1) is 5.60 Å². The first kappa shape index (κ1) is 14.2. The highest BCUT2D eigenvalue weighted by Crippen LogP contribution is 2.13. The molecule has 0 fully saturated rings. The molecule has 0 aliphatic carbocycles. The van der Waals surface area contributed by atoms with E-state index in [1.807, 2.05) is 19.9 Å². The van der Waals surface area contributed by atoms with E-state index in [9.17, 15) is 5.11 Å². The van der Waals surface area contributed by atoms with E-state index in [1.54, 1.807) is 0 Å². The van der Waals surface area contributed by atoms with Gasteiger partial charge in [0.15, 0.2) is 0 Å². The highest BCUT2D eigenvalue weighted by Gasteiger charge is 2.16. The number of nitrogens with zero attached hydrogens (tertiary/aromatic N) is 1. The maximum Gasteiger partial charge on any atom is 0.0603 e. The van der Waals surface area contributed by atoms with Gasteiger partial charge < -0.3 is 5.11 Å². The van der Waals surface area contributed by atoms with E-state index in [2.05, 4.69) is 43.0 Å². The van der Waals surface area contributed by atoms with Crippen molar-refractivity contribution in [1.29, 1.82) is 0 Å². The Morgan fingerprint density at radius 2 is 1.76 bits per heavy atom. The second-order valence-corrected chi connectivity index (χ2v) is 5.61. The monoisotopic (exact) mass is 235 g/mol. The van der Waals surface area contributed by atoms with Crippen molar-refractivity contribution in [1.82, 2.24) is 4.90 Å². The largest absolute Gasteiger partial charge is 0.390 e.